The van der Waals surface area contributed by atoms with Crippen LogP contribution >= 0.6 is 0 Å². The normalized spacial score (nSPS) is 11.3. The van der Waals surface area contributed by atoms with Gasteiger partial charge in [0, 0.05) is 22.8 Å². The molecule has 1 heteroatoms. The molecule has 0 aliphatic rings. The quantitative estimate of drug-likeness (QED) is 0.281. The molecular formula is C29H25N. The number of nitrogens with zero attached hydrogens (tertiary/aromatic N) is 1. The van der Waals surface area contributed by atoms with Crippen molar-refractivity contribution in [3.63, 3.8) is 0 Å². The maximum absolute atomic E-state index is 2.46. The molecule has 0 bridgehead atoms. The van der Waals surface area contributed by atoms with Gasteiger partial charge in [-0.15, -0.1) is 0 Å². The van der Waals surface area contributed by atoms with Gasteiger partial charge in [0.05, 0.1) is 0 Å². The Morgan fingerprint density at radius 2 is 1.17 bits per heavy atom. The molecular weight excluding hydrogens is 362 g/mol. The zero-order chi connectivity index (χ0) is 20.5. The van der Waals surface area contributed by atoms with Crippen LogP contribution in [0.2, 0.25) is 0 Å². The predicted octanol–water partition coefficient (Wildman–Crippen LogP) is 8.21. The first-order valence-corrected chi connectivity index (χ1v) is 10.6. The van der Waals surface area contributed by atoms with E-state index in [1.807, 2.05) is 0 Å². The van der Waals surface area contributed by atoms with Crippen LogP contribution in [0.5, 0.6) is 0 Å². The van der Waals surface area contributed by atoms with Crippen molar-refractivity contribution in [2.45, 2.75) is 19.9 Å². The highest BCUT2D eigenvalue weighted by Crippen LogP contribution is 2.39. The van der Waals surface area contributed by atoms with Gasteiger partial charge in [0.25, 0.3) is 0 Å². The lowest BCUT2D eigenvalue weighted by Crippen LogP contribution is -2.25. The molecule has 5 aromatic rings. The van der Waals surface area contributed by atoms with Crippen molar-refractivity contribution in [2.75, 3.05) is 4.90 Å². The second-order valence-corrected chi connectivity index (χ2v) is 8.04. The third-order valence-electron chi connectivity index (χ3n) is 5.75. The molecule has 30 heavy (non-hydrogen) atoms. The van der Waals surface area contributed by atoms with Crippen molar-refractivity contribution in [1.82, 2.24) is 0 Å². The van der Waals surface area contributed by atoms with Crippen LogP contribution in [0.4, 0.5) is 11.4 Å². The first kappa shape index (κ1) is 18.4. The summed E-state index contributed by atoms with van der Waals surface area (Å²) in [5.41, 5.74) is 4.95. The second kappa shape index (κ2) is 7.68. The van der Waals surface area contributed by atoms with Crippen molar-refractivity contribution in [3.8, 4) is 11.1 Å². The molecule has 0 saturated heterocycles. The fraction of sp³-hybridized carbons (Fsp3) is 0.103. The molecule has 0 fully saturated rings. The predicted molar refractivity (Wildman–Crippen MR) is 131 cm³/mol. The van der Waals surface area contributed by atoms with E-state index in [1.54, 1.807) is 0 Å². The van der Waals surface area contributed by atoms with E-state index in [1.165, 1.54) is 44.0 Å². The molecule has 146 valence electrons. The van der Waals surface area contributed by atoms with Crippen molar-refractivity contribution in [1.29, 1.82) is 0 Å². The van der Waals surface area contributed by atoms with E-state index in [-0.39, 0.29) is 0 Å². The number of rotatable bonds is 4. The lowest BCUT2D eigenvalue weighted by atomic mass is 9.98. The SMILES string of the molecule is CC(C)N(c1cccc(-c2ccccc2)c1)c1cc2ccccc2c2ccccc12. The highest BCUT2D eigenvalue weighted by Gasteiger charge is 2.18. The van der Waals surface area contributed by atoms with Gasteiger partial charge in [-0.25, -0.2) is 0 Å². The molecule has 0 aromatic heterocycles. The summed E-state index contributed by atoms with van der Waals surface area (Å²) >= 11 is 0. The molecule has 0 amide bonds. The first-order valence-electron chi connectivity index (χ1n) is 10.6. The van der Waals surface area contributed by atoms with Crippen LogP contribution in [0.25, 0.3) is 32.7 Å². The standard InChI is InChI=1S/C29H25N/c1-21(2)30(25-15-10-14-23(19-25)22-11-4-3-5-12-22)29-20-24-13-6-7-16-26(24)27-17-8-9-18-28(27)29/h3-21H,1-2H3. The van der Waals surface area contributed by atoms with E-state index in [4.69, 9.17) is 0 Å². The molecule has 5 aromatic carbocycles. The molecule has 0 radical (unpaired) electrons. The van der Waals surface area contributed by atoms with E-state index >= 15 is 0 Å². The minimum absolute atomic E-state index is 0.320. The van der Waals surface area contributed by atoms with Crippen molar-refractivity contribution < 1.29 is 0 Å². The minimum Gasteiger partial charge on any atom is -0.338 e. The Morgan fingerprint density at radius 1 is 0.533 bits per heavy atom. The Balaban J connectivity index is 1.74. The van der Waals surface area contributed by atoms with Crippen LogP contribution < -0.4 is 4.90 Å². The van der Waals surface area contributed by atoms with Crippen LogP contribution in [-0.4, -0.2) is 6.04 Å². The first-order chi connectivity index (χ1) is 14.7. The van der Waals surface area contributed by atoms with Gasteiger partial charge in [0.1, 0.15) is 0 Å². The number of hydrogen-bond acceptors (Lipinski definition) is 1. The van der Waals surface area contributed by atoms with E-state index in [0.717, 1.165) is 0 Å². The van der Waals surface area contributed by atoms with Crippen molar-refractivity contribution in [3.05, 3.63) is 109 Å². The largest absolute Gasteiger partial charge is 0.338 e. The Bertz CT molecular complexity index is 1320. The van der Waals surface area contributed by atoms with Crippen LogP contribution in [0.1, 0.15) is 13.8 Å². The Kier molecular flexibility index (Phi) is 4.72. The fourth-order valence-electron chi connectivity index (χ4n) is 4.42. The molecule has 0 spiro atoms. The van der Waals surface area contributed by atoms with Crippen molar-refractivity contribution in [2.24, 2.45) is 0 Å². The number of anilines is 2. The smallest absolute Gasteiger partial charge is 0.0499 e. The maximum Gasteiger partial charge on any atom is 0.0499 e. The van der Waals surface area contributed by atoms with Crippen LogP contribution in [-0.2, 0) is 0 Å². The molecule has 1 nitrogen and oxygen atoms in total. The zero-order valence-corrected chi connectivity index (χ0v) is 17.4. The molecule has 0 aliphatic carbocycles. The Hall–Kier alpha value is -3.58. The minimum atomic E-state index is 0.320. The molecule has 0 unspecified atom stereocenters. The summed E-state index contributed by atoms with van der Waals surface area (Å²) in [5, 5.41) is 5.17. The van der Waals surface area contributed by atoms with E-state index in [9.17, 15) is 0 Å². The fourth-order valence-corrected chi connectivity index (χ4v) is 4.42. The second-order valence-electron chi connectivity index (χ2n) is 8.04. The van der Waals surface area contributed by atoms with Crippen LogP contribution in [0.15, 0.2) is 109 Å². The summed E-state index contributed by atoms with van der Waals surface area (Å²) in [7, 11) is 0. The summed E-state index contributed by atoms with van der Waals surface area (Å²) in [4.78, 5) is 2.46. The van der Waals surface area contributed by atoms with E-state index in [2.05, 4.69) is 128 Å². The summed E-state index contributed by atoms with van der Waals surface area (Å²) in [6.07, 6.45) is 0. The summed E-state index contributed by atoms with van der Waals surface area (Å²) < 4.78 is 0. The third kappa shape index (κ3) is 3.23. The molecule has 0 atom stereocenters. The highest BCUT2D eigenvalue weighted by molar-refractivity contribution is 6.13. The molecule has 0 N–H and O–H groups in total. The van der Waals surface area contributed by atoms with Gasteiger partial charge in [0.15, 0.2) is 0 Å². The van der Waals surface area contributed by atoms with Gasteiger partial charge in [0.2, 0.25) is 0 Å². The van der Waals surface area contributed by atoms with Gasteiger partial charge in [-0.2, -0.15) is 0 Å². The topological polar surface area (TPSA) is 3.24 Å². The van der Waals surface area contributed by atoms with Crippen LogP contribution in [0.3, 0.4) is 0 Å². The number of fused-ring (bicyclic) bond motifs is 3. The van der Waals surface area contributed by atoms with Gasteiger partial charge < -0.3 is 4.90 Å². The summed E-state index contributed by atoms with van der Waals surface area (Å²) in [6, 6.07) is 39.6. The van der Waals surface area contributed by atoms with Gasteiger partial charge >= 0.3 is 0 Å². The molecule has 0 heterocycles. The third-order valence-corrected chi connectivity index (χ3v) is 5.75. The average molecular weight is 388 g/mol. The molecule has 0 aliphatic heterocycles. The zero-order valence-electron chi connectivity index (χ0n) is 17.4. The van der Waals surface area contributed by atoms with Gasteiger partial charge in [-0.05, 0) is 59.3 Å². The molecule has 0 saturated carbocycles. The lowest BCUT2D eigenvalue weighted by Gasteiger charge is -2.31. The van der Waals surface area contributed by atoms with Gasteiger partial charge in [-0.3, -0.25) is 0 Å². The van der Waals surface area contributed by atoms with Gasteiger partial charge in [-0.1, -0.05) is 91.0 Å². The average Bonchev–Trinajstić information content (AvgIpc) is 2.80. The highest BCUT2D eigenvalue weighted by atomic mass is 15.2. The van der Waals surface area contributed by atoms with Crippen LogP contribution in [0, 0.1) is 0 Å². The monoisotopic (exact) mass is 387 g/mol. The van der Waals surface area contributed by atoms with E-state index in [0.29, 0.717) is 6.04 Å². The number of benzene rings is 5. The van der Waals surface area contributed by atoms with E-state index < -0.39 is 0 Å². The lowest BCUT2D eigenvalue weighted by molar-refractivity contribution is 0.792. The summed E-state index contributed by atoms with van der Waals surface area (Å²) in [6.45, 7) is 4.53. The maximum atomic E-state index is 2.46. The van der Waals surface area contributed by atoms with Crippen molar-refractivity contribution >= 4 is 32.9 Å². The molecule has 5 rings (SSSR count). The summed E-state index contributed by atoms with van der Waals surface area (Å²) in [5.74, 6) is 0. The number of hydrogen-bond donors (Lipinski definition) is 0. The Morgan fingerprint density at radius 3 is 1.93 bits per heavy atom. The Labute approximate surface area is 178 Å².